The molecule has 0 radical (unpaired) electrons. The summed E-state index contributed by atoms with van der Waals surface area (Å²) in [4.78, 5) is 38.0. The Kier molecular flexibility index (Phi) is 5.53. The highest BCUT2D eigenvalue weighted by molar-refractivity contribution is 9.10. The number of hydrogen-bond acceptors (Lipinski definition) is 4. The largest absolute Gasteiger partial charge is 0.448 e. The molecule has 1 aromatic carbocycles. The van der Waals surface area contributed by atoms with Crippen LogP contribution in [0.5, 0.6) is 0 Å². The van der Waals surface area contributed by atoms with Crippen molar-refractivity contribution in [3.63, 3.8) is 0 Å². The number of rotatable bonds is 4. The summed E-state index contributed by atoms with van der Waals surface area (Å²) in [6.07, 6.45) is 0.445. The quantitative estimate of drug-likeness (QED) is 0.710. The Morgan fingerprint density at radius 2 is 1.91 bits per heavy atom. The number of ether oxygens (including phenoxy) is 1. The predicted octanol–water partition coefficient (Wildman–Crippen LogP) is 2.67. The average Bonchev–Trinajstić information content (AvgIpc) is 2.94. The van der Waals surface area contributed by atoms with Gasteiger partial charge in [0.25, 0.3) is 5.91 Å². The summed E-state index contributed by atoms with van der Waals surface area (Å²) in [5.74, 6) is -1.42. The number of halogens is 1. The standard InChI is InChI=1S/C15H14BrN3O4/c1-9(23-14(21)12-7-10(16)8-17-12)13(20)19-15(22)18-11-5-3-2-4-6-11/h2-9,17H,1H3,(H2,18,19,20,22). The molecule has 0 bridgehead atoms. The van der Waals surface area contributed by atoms with Crippen molar-refractivity contribution >= 4 is 39.5 Å². The number of hydrogen-bond donors (Lipinski definition) is 3. The fourth-order valence-corrected chi connectivity index (χ4v) is 2.00. The molecule has 7 nitrogen and oxygen atoms in total. The number of aromatic amines is 1. The summed E-state index contributed by atoms with van der Waals surface area (Å²) in [7, 11) is 0. The summed E-state index contributed by atoms with van der Waals surface area (Å²) < 4.78 is 5.66. The lowest BCUT2D eigenvalue weighted by Crippen LogP contribution is -2.41. The fourth-order valence-electron chi connectivity index (χ4n) is 1.66. The third kappa shape index (κ3) is 4.96. The number of para-hydroxylation sites is 1. The van der Waals surface area contributed by atoms with Gasteiger partial charge in [0.2, 0.25) is 0 Å². The van der Waals surface area contributed by atoms with Crippen LogP contribution in [0.15, 0.2) is 47.1 Å². The van der Waals surface area contributed by atoms with Crippen LogP contribution < -0.4 is 10.6 Å². The summed E-state index contributed by atoms with van der Waals surface area (Å²) >= 11 is 3.19. The second-order valence-corrected chi connectivity index (χ2v) is 5.50. The number of carbonyl (C=O) groups is 3. The van der Waals surface area contributed by atoms with Crippen LogP contribution in [0, 0.1) is 0 Å². The molecule has 0 aliphatic carbocycles. The average molecular weight is 380 g/mol. The molecule has 3 N–H and O–H groups in total. The molecule has 1 unspecified atom stereocenters. The van der Waals surface area contributed by atoms with Crippen molar-refractivity contribution in [2.24, 2.45) is 0 Å². The van der Waals surface area contributed by atoms with Crippen LogP contribution in [0.25, 0.3) is 0 Å². The number of imide groups is 1. The first-order valence-electron chi connectivity index (χ1n) is 6.67. The molecule has 120 valence electrons. The van der Waals surface area contributed by atoms with Crippen molar-refractivity contribution in [1.82, 2.24) is 10.3 Å². The normalized spacial score (nSPS) is 11.4. The number of H-pyrrole nitrogens is 1. The van der Waals surface area contributed by atoms with Gasteiger partial charge in [-0.2, -0.15) is 0 Å². The number of urea groups is 1. The molecule has 23 heavy (non-hydrogen) atoms. The van der Waals surface area contributed by atoms with E-state index >= 15 is 0 Å². The van der Waals surface area contributed by atoms with Crippen LogP contribution >= 0.6 is 15.9 Å². The lowest BCUT2D eigenvalue weighted by Gasteiger charge is -2.12. The van der Waals surface area contributed by atoms with Crippen LogP contribution in [0.4, 0.5) is 10.5 Å². The molecular formula is C15H14BrN3O4. The van der Waals surface area contributed by atoms with Gasteiger partial charge in [-0.05, 0) is 41.1 Å². The molecule has 1 aromatic heterocycles. The second-order valence-electron chi connectivity index (χ2n) is 4.59. The SMILES string of the molecule is CC(OC(=O)c1cc(Br)c[nH]1)C(=O)NC(=O)Nc1ccccc1. The van der Waals surface area contributed by atoms with E-state index in [1.807, 2.05) is 0 Å². The third-order valence-electron chi connectivity index (χ3n) is 2.79. The highest BCUT2D eigenvalue weighted by atomic mass is 79.9. The summed E-state index contributed by atoms with van der Waals surface area (Å²) in [5.41, 5.74) is 0.740. The van der Waals surface area contributed by atoms with Crippen molar-refractivity contribution in [3.05, 3.63) is 52.8 Å². The van der Waals surface area contributed by atoms with Gasteiger partial charge >= 0.3 is 12.0 Å². The van der Waals surface area contributed by atoms with Crippen LogP contribution in [0.2, 0.25) is 0 Å². The highest BCUT2D eigenvalue weighted by Crippen LogP contribution is 2.12. The minimum absolute atomic E-state index is 0.199. The summed E-state index contributed by atoms with van der Waals surface area (Å²) in [6.45, 7) is 1.38. The van der Waals surface area contributed by atoms with Crippen molar-refractivity contribution in [3.8, 4) is 0 Å². The van der Waals surface area contributed by atoms with Gasteiger partial charge in [-0.3, -0.25) is 10.1 Å². The van der Waals surface area contributed by atoms with Crippen LogP contribution in [-0.4, -0.2) is 29.0 Å². The minimum Gasteiger partial charge on any atom is -0.448 e. The van der Waals surface area contributed by atoms with E-state index in [1.165, 1.54) is 13.0 Å². The maximum Gasteiger partial charge on any atom is 0.355 e. The Morgan fingerprint density at radius 3 is 2.52 bits per heavy atom. The number of aromatic nitrogens is 1. The Morgan fingerprint density at radius 1 is 1.22 bits per heavy atom. The molecule has 0 aliphatic rings. The van der Waals surface area contributed by atoms with Crippen LogP contribution in [0.1, 0.15) is 17.4 Å². The topological polar surface area (TPSA) is 100 Å². The Labute approximate surface area is 140 Å². The number of esters is 1. The van der Waals surface area contributed by atoms with E-state index in [4.69, 9.17) is 4.74 Å². The molecule has 1 atom stereocenters. The van der Waals surface area contributed by atoms with Crippen LogP contribution in [-0.2, 0) is 9.53 Å². The Hall–Kier alpha value is -2.61. The Balaban J connectivity index is 1.85. The van der Waals surface area contributed by atoms with E-state index in [0.717, 1.165) is 0 Å². The number of amides is 3. The van der Waals surface area contributed by atoms with Gasteiger partial charge < -0.3 is 15.0 Å². The van der Waals surface area contributed by atoms with Crippen LogP contribution in [0.3, 0.4) is 0 Å². The molecule has 0 fully saturated rings. The molecule has 2 aromatic rings. The van der Waals surface area contributed by atoms with Crippen molar-refractivity contribution in [1.29, 1.82) is 0 Å². The number of benzene rings is 1. The van der Waals surface area contributed by atoms with Gasteiger partial charge in [-0.1, -0.05) is 18.2 Å². The predicted molar refractivity (Wildman–Crippen MR) is 87.0 cm³/mol. The number of carbonyl (C=O) groups excluding carboxylic acids is 3. The number of nitrogens with one attached hydrogen (secondary N) is 3. The Bertz CT molecular complexity index is 715. The minimum atomic E-state index is -1.12. The van der Waals surface area contributed by atoms with Crippen molar-refractivity contribution < 1.29 is 19.1 Å². The zero-order valence-corrected chi connectivity index (χ0v) is 13.7. The van der Waals surface area contributed by atoms with E-state index < -0.39 is 24.0 Å². The lowest BCUT2D eigenvalue weighted by atomic mass is 10.3. The zero-order valence-electron chi connectivity index (χ0n) is 12.1. The molecule has 0 spiro atoms. The van der Waals surface area contributed by atoms with Gasteiger partial charge in [-0.15, -0.1) is 0 Å². The van der Waals surface area contributed by atoms with Gasteiger partial charge in [0.05, 0.1) is 0 Å². The first kappa shape index (κ1) is 16.8. The first-order chi connectivity index (χ1) is 11.0. The fraction of sp³-hybridized carbons (Fsp3) is 0.133. The maximum absolute atomic E-state index is 11.8. The van der Waals surface area contributed by atoms with Gasteiger partial charge in [0.1, 0.15) is 5.69 Å². The molecule has 0 aliphatic heterocycles. The lowest BCUT2D eigenvalue weighted by molar-refractivity contribution is -0.127. The van der Waals surface area contributed by atoms with E-state index in [-0.39, 0.29) is 5.69 Å². The van der Waals surface area contributed by atoms with Crippen molar-refractivity contribution in [2.45, 2.75) is 13.0 Å². The molecule has 0 saturated carbocycles. The molecule has 2 rings (SSSR count). The first-order valence-corrected chi connectivity index (χ1v) is 7.47. The molecule has 0 saturated heterocycles. The zero-order chi connectivity index (χ0) is 16.8. The van der Waals surface area contributed by atoms with E-state index in [1.54, 1.807) is 36.5 Å². The summed E-state index contributed by atoms with van der Waals surface area (Å²) in [6, 6.07) is 9.47. The molecule has 3 amide bonds. The van der Waals surface area contributed by atoms with Gasteiger partial charge in [0, 0.05) is 16.4 Å². The smallest absolute Gasteiger partial charge is 0.355 e. The van der Waals surface area contributed by atoms with Gasteiger partial charge in [0.15, 0.2) is 6.10 Å². The molecule has 1 heterocycles. The third-order valence-corrected chi connectivity index (χ3v) is 3.25. The molecular weight excluding hydrogens is 366 g/mol. The summed E-state index contributed by atoms with van der Waals surface area (Å²) in [5, 5.41) is 4.60. The highest BCUT2D eigenvalue weighted by Gasteiger charge is 2.21. The van der Waals surface area contributed by atoms with E-state index in [0.29, 0.717) is 10.2 Å². The number of anilines is 1. The van der Waals surface area contributed by atoms with Crippen molar-refractivity contribution in [2.75, 3.05) is 5.32 Å². The monoisotopic (exact) mass is 379 g/mol. The second kappa shape index (κ2) is 7.59. The maximum atomic E-state index is 11.8. The van der Waals surface area contributed by atoms with Gasteiger partial charge in [-0.25, -0.2) is 9.59 Å². The molecule has 8 heteroatoms. The van der Waals surface area contributed by atoms with E-state index in [2.05, 4.69) is 31.5 Å². The van der Waals surface area contributed by atoms with E-state index in [9.17, 15) is 14.4 Å².